The van der Waals surface area contributed by atoms with Crippen LogP contribution in [0.2, 0.25) is 0 Å². The molecule has 0 atom stereocenters. The van der Waals surface area contributed by atoms with Crippen molar-refractivity contribution < 1.29 is 9.53 Å². The van der Waals surface area contributed by atoms with E-state index < -0.39 is 0 Å². The second-order valence-corrected chi connectivity index (χ2v) is 4.96. The summed E-state index contributed by atoms with van der Waals surface area (Å²) in [5.74, 6) is 0.878. The van der Waals surface area contributed by atoms with Gasteiger partial charge in [0, 0.05) is 31.3 Å². The van der Waals surface area contributed by atoms with Gasteiger partial charge in [-0.2, -0.15) is 0 Å². The average Bonchev–Trinajstić information content (AvgIpc) is 2.76. The van der Waals surface area contributed by atoms with Crippen molar-refractivity contribution in [1.29, 1.82) is 0 Å². The third kappa shape index (κ3) is 3.61. The third-order valence-corrected chi connectivity index (χ3v) is 3.52. The van der Waals surface area contributed by atoms with E-state index in [2.05, 4.69) is 5.32 Å². The van der Waals surface area contributed by atoms with Crippen molar-refractivity contribution in [1.82, 2.24) is 10.2 Å². The van der Waals surface area contributed by atoms with Gasteiger partial charge in [0.1, 0.15) is 5.75 Å². The van der Waals surface area contributed by atoms with Gasteiger partial charge in [-0.3, -0.25) is 4.79 Å². The third-order valence-electron chi connectivity index (χ3n) is 3.52. The quantitative estimate of drug-likeness (QED) is 0.856. The maximum absolute atomic E-state index is 12.3. The molecule has 1 saturated heterocycles. The molecule has 108 valence electrons. The average molecular weight is 274 g/mol. The van der Waals surface area contributed by atoms with Crippen LogP contribution >= 0.6 is 0 Å². The van der Waals surface area contributed by atoms with Gasteiger partial charge in [-0.25, -0.2) is 0 Å². The largest absolute Gasteiger partial charge is 0.496 e. The van der Waals surface area contributed by atoms with Crippen LogP contribution in [0.5, 0.6) is 5.75 Å². The molecule has 0 bridgehead atoms. The summed E-state index contributed by atoms with van der Waals surface area (Å²) in [4.78, 5) is 14.2. The number of carbonyl (C=O) groups is 1. The number of benzene rings is 1. The van der Waals surface area contributed by atoms with Crippen molar-refractivity contribution in [2.24, 2.45) is 0 Å². The zero-order chi connectivity index (χ0) is 14.4. The van der Waals surface area contributed by atoms with Crippen molar-refractivity contribution in [2.75, 3.05) is 33.3 Å². The van der Waals surface area contributed by atoms with Crippen LogP contribution in [0.15, 0.2) is 30.3 Å². The minimum atomic E-state index is 0.0807. The van der Waals surface area contributed by atoms with Gasteiger partial charge in [-0.15, -0.1) is 0 Å². The first kappa shape index (κ1) is 14.6. The zero-order valence-corrected chi connectivity index (χ0v) is 12.2. The Hall–Kier alpha value is -1.81. The van der Waals surface area contributed by atoms with Crippen LogP contribution in [0.1, 0.15) is 18.9 Å². The smallest absolute Gasteiger partial charge is 0.246 e. The standard InChI is InChI=1S/C16H22N2O2/c1-13(14-6-3-4-7-15(14)20-2)12-16(19)18-10-5-8-17-9-11-18/h3-4,6-7,12,17H,5,8-11H2,1-2H3. The van der Waals surface area contributed by atoms with Crippen LogP contribution in [0, 0.1) is 0 Å². The lowest BCUT2D eigenvalue weighted by Crippen LogP contribution is -2.33. The normalized spacial score (nSPS) is 16.7. The van der Waals surface area contributed by atoms with Crippen molar-refractivity contribution in [3.63, 3.8) is 0 Å². The molecule has 0 unspecified atom stereocenters. The molecule has 4 nitrogen and oxygen atoms in total. The van der Waals surface area contributed by atoms with Gasteiger partial charge >= 0.3 is 0 Å². The molecular weight excluding hydrogens is 252 g/mol. The van der Waals surface area contributed by atoms with E-state index in [-0.39, 0.29) is 5.91 Å². The van der Waals surface area contributed by atoms with Crippen LogP contribution < -0.4 is 10.1 Å². The first-order chi connectivity index (χ1) is 9.72. The number of ether oxygens (including phenoxy) is 1. The Morgan fingerprint density at radius 3 is 2.90 bits per heavy atom. The molecular formula is C16H22N2O2. The van der Waals surface area contributed by atoms with Crippen molar-refractivity contribution in [3.8, 4) is 5.75 Å². The van der Waals surface area contributed by atoms with Crippen molar-refractivity contribution >= 4 is 11.5 Å². The van der Waals surface area contributed by atoms with Gasteiger partial charge in [0.2, 0.25) is 5.91 Å². The highest BCUT2D eigenvalue weighted by atomic mass is 16.5. The van der Waals surface area contributed by atoms with E-state index in [1.807, 2.05) is 36.1 Å². The summed E-state index contributed by atoms with van der Waals surface area (Å²) in [5, 5.41) is 3.30. The Bertz CT molecular complexity index is 489. The Labute approximate surface area is 120 Å². The Kier molecular flexibility index (Phi) is 5.18. The number of nitrogens with zero attached hydrogens (tertiary/aromatic N) is 1. The molecule has 1 heterocycles. The second-order valence-electron chi connectivity index (χ2n) is 4.96. The molecule has 0 radical (unpaired) electrons. The summed E-state index contributed by atoms with van der Waals surface area (Å²) in [5.41, 5.74) is 1.90. The molecule has 1 aliphatic heterocycles. The summed E-state index contributed by atoms with van der Waals surface area (Å²) in [6.07, 6.45) is 2.72. The van der Waals surface area contributed by atoms with E-state index in [1.165, 1.54) is 0 Å². The molecule has 1 amide bonds. The highest BCUT2D eigenvalue weighted by molar-refractivity contribution is 5.95. The molecule has 0 spiro atoms. The Morgan fingerprint density at radius 2 is 2.10 bits per heavy atom. The molecule has 0 aliphatic carbocycles. The molecule has 1 N–H and O–H groups in total. The lowest BCUT2D eigenvalue weighted by molar-refractivity contribution is -0.125. The van der Waals surface area contributed by atoms with Crippen molar-refractivity contribution in [3.05, 3.63) is 35.9 Å². The number of methoxy groups -OCH3 is 1. The first-order valence-corrected chi connectivity index (χ1v) is 7.03. The van der Waals surface area contributed by atoms with E-state index in [0.717, 1.165) is 49.5 Å². The molecule has 1 aromatic carbocycles. The minimum Gasteiger partial charge on any atom is -0.496 e. The molecule has 20 heavy (non-hydrogen) atoms. The monoisotopic (exact) mass is 274 g/mol. The number of hydrogen-bond acceptors (Lipinski definition) is 3. The molecule has 0 aromatic heterocycles. The number of rotatable bonds is 3. The summed E-state index contributed by atoms with van der Waals surface area (Å²) < 4.78 is 5.34. The first-order valence-electron chi connectivity index (χ1n) is 7.03. The Balaban J connectivity index is 2.14. The lowest BCUT2D eigenvalue weighted by Gasteiger charge is -2.18. The van der Waals surface area contributed by atoms with Crippen LogP contribution in [0.4, 0.5) is 0 Å². The SMILES string of the molecule is COc1ccccc1C(C)=CC(=O)N1CCCNCC1. The van der Waals surface area contributed by atoms with Crippen molar-refractivity contribution in [2.45, 2.75) is 13.3 Å². The fraction of sp³-hybridized carbons (Fsp3) is 0.438. The van der Waals surface area contributed by atoms with Crippen LogP contribution in [-0.2, 0) is 4.79 Å². The van der Waals surface area contributed by atoms with Crippen LogP contribution in [0.3, 0.4) is 0 Å². The number of hydrogen-bond donors (Lipinski definition) is 1. The zero-order valence-electron chi connectivity index (χ0n) is 12.2. The molecule has 1 aliphatic rings. The van der Waals surface area contributed by atoms with Gasteiger partial charge in [0.15, 0.2) is 0 Å². The molecule has 4 heteroatoms. The van der Waals surface area contributed by atoms with E-state index in [1.54, 1.807) is 13.2 Å². The summed E-state index contributed by atoms with van der Waals surface area (Å²) >= 11 is 0. The molecule has 0 saturated carbocycles. The molecule has 1 aromatic rings. The second kappa shape index (κ2) is 7.10. The lowest BCUT2D eigenvalue weighted by atomic mass is 10.1. The highest BCUT2D eigenvalue weighted by Gasteiger charge is 2.14. The van der Waals surface area contributed by atoms with Crippen LogP contribution in [0.25, 0.3) is 5.57 Å². The fourth-order valence-electron chi connectivity index (χ4n) is 2.39. The van der Waals surface area contributed by atoms with E-state index >= 15 is 0 Å². The summed E-state index contributed by atoms with van der Waals surface area (Å²) in [6.45, 7) is 5.40. The maximum Gasteiger partial charge on any atom is 0.246 e. The Morgan fingerprint density at radius 1 is 1.30 bits per heavy atom. The topological polar surface area (TPSA) is 41.6 Å². The number of para-hydroxylation sites is 1. The number of carbonyl (C=O) groups excluding carboxylic acids is 1. The van der Waals surface area contributed by atoms with Gasteiger partial charge in [-0.1, -0.05) is 18.2 Å². The molecule has 2 rings (SSSR count). The number of allylic oxidation sites excluding steroid dienone is 1. The van der Waals surface area contributed by atoms with E-state index in [0.29, 0.717) is 0 Å². The van der Waals surface area contributed by atoms with Crippen LogP contribution in [-0.4, -0.2) is 44.1 Å². The van der Waals surface area contributed by atoms with Gasteiger partial charge in [0.05, 0.1) is 7.11 Å². The fourth-order valence-corrected chi connectivity index (χ4v) is 2.39. The predicted octanol–water partition coefficient (Wildman–Crippen LogP) is 1.92. The minimum absolute atomic E-state index is 0.0807. The summed E-state index contributed by atoms with van der Waals surface area (Å²) in [7, 11) is 1.65. The van der Waals surface area contributed by atoms with E-state index in [9.17, 15) is 4.79 Å². The number of nitrogens with one attached hydrogen (secondary N) is 1. The summed E-state index contributed by atoms with van der Waals surface area (Å²) in [6, 6.07) is 7.77. The molecule has 1 fully saturated rings. The van der Waals surface area contributed by atoms with E-state index in [4.69, 9.17) is 4.74 Å². The number of amides is 1. The predicted molar refractivity (Wildman–Crippen MR) is 80.7 cm³/mol. The highest BCUT2D eigenvalue weighted by Crippen LogP contribution is 2.25. The van der Waals surface area contributed by atoms with Gasteiger partial charge in [-0.05, 0) is 31.5 Å². The van der Waals surface area contributed by atoms with Gasteiger partial charge in [0.25, 0.3) is 0 Å². The van der Waals surface area contributed by atoms with Gasteiger partial charge < -0.3 is 15.0 Å². The maximum atomic E-state index is 12.3.